The van der Waals surface area contributed by atoms with E-state index < -0.39 is 6.03 Å². The number of nitrogens with one attached hydrogen (secondary N) is 2. The van der Waals surface area contributed by atoms with Gasteiger partial charge in [0.05, 0.1) is 18.2 Å². The van der Waals surface area contributed by atoms with Crippen LogP contribution in [-0.2, 0) is 6.54 Å². The molecule has 3 amide bonds. The van der Waals surface area contributed by atoms with E-state index in [1.807, 2.05) is 43.3 Å². The van der Waals surface area contributed by atoms with Crippen molar-refractivity contribution in [2.75, 3.05) is 37.4 Å². The number of hydrogen-bond acceptors (Lipinski definition) is 5. The number of ether oxygens (including phenoxy) is 1. The largest absolute Gasteiger partial charge is 0.488 e. The molecule has 8 heteroatoms. The van der Waals surface area contributed by atoms with Gasteiger partial charge in [0.1, 0.15) is 11.9 Å². The molecule has 8 nitrogen and oxygen atoms in total. The van der Waals surface area contributed by atoms with Crippen LogP contribution < -0.4 is 15.4 Å². The minimum atomic E-state index is -0.412. The highest BCUT2D eigenvalue weighted by molar-refractivity contribution is 6.02. The summed E-state index contributed by atoms with van der Waals surface area (Å²) in [5.74, 6) is 0.245. The Hall–Kier alpha value is -3.88. The lowest BCUT2D eigenvalue weighted by Gasteiger charge is -2.38. The number of carbonyl (C=O) groups is 2. The molecule has 200 valence electrons. The van der Waals surface area contributed by atoms with E-state index in [-0.39, 0.29) is 30.6 Å². The molecule has 0 saturated carbocycles. The zero-order valence-corrected chi connectivity index (χ0v) is 22.1. The summed E-state index contributed by atoms with van der Waals surface area (Å²) in [5.41, 5.74) is 2.70. The zero-order valence-electron chi connectivity index (χ0n) is 22.1. The van der Waals surface area contributed by atoms with E-state index in [1.165, 1.54) is 5.56 Å². The lowest BCUT2D eigenvalue weighted by molar-refractivity contribution is 0.0341. The van der Waals surface area contributed by atoms with Crippen molar-refractivity contribution < 1.29 is 19.4 Å². The molecule has 3 atom stereocenters. The van der Waals surface area contributed by atoms with Gasteiger partial charge < -0.3 is 25.4 Å². The van der Waals surface area contributed by atoms with Crippen LogP contribution in [0.5, 0.6) is 5.75 Å². The average molecular weight is 517 g/mol. The highest BCUT2D eigenvalue weighted by Crippen LogP contribution is 2.31. The first-order valence-electron chi connectivity index (χ1n) is 12.9. The van der Waals surface area contributed by atoms with Crippen LogP contribution in [0, 0.1) is 5.92 Å². The fourth-order valence-corrected chi connectivity index (χ4v) is 4.60. The number of fused-ring (bicyclic) bond motifs is 1. The fourth-order valence-electron chi connectivity index (χ4n) is 4.60. The molecule has 1 aliphatic heterocycles. The van der Waals surface area contributed by atoms with Crippen LogP contribution in [0.4, 0.5) is 16.2 Å². The first-order valence-corrected chi connectivity index (χ1v) is 12.9. The number of aliphatic hydroxyl groups is 1. The van der Waals surface area contributed by atoms with Crippen molar-refractivity contribution in [2.24, 2.45) is 5.92 Å². The molecule has 38 heavy (non-hydrogen) atoms. The van der Waals surface area contributed by atoms with E-state index >= 15 is 0 Å². The zero-order chi connectivity index (χ0) is 27.1. The van der Waals surface area contributed by atoms with E-state index in [4.69, 9.17) is 4.74 Å². The van der Waals surface area contributed by atoms with Crippen molar-refractivity contribution in [3.63, 3.8) is 0 Å². The second kappa shape index (κ2) is 12.6. The summed E-state index contributed by atoms with van der Waals surface area (Å²) in [7, 11) is 2.06. The minimum absolute atomic E-state index is 0.0220. The van der Waals surface area contributed by atoms with Gasteiger partial charge in [0.25, 0.3) is 5.91 Å². The Balaban J connectivity index is 1.56. The molecule has 0 aromatic heterocycles. The third-order valence-corrected chi connectivity index (χ3v) is 6.74. The third-order valence-electron chi connectivity index (χ3n) is 6.74. The fraction of sp³-hybridized carbons (Fsp3) is 0.333. The number of amides is 3. The molecule has 0 spiro atoms. The van der Waals surface area contributed by atoms with Crippen LogP contribution in [0.15, 0.2) is 78.9 Å². The first-order chi connectivity index (χ1) is 18.3. The van der Waals surface area contributed by atoms with E-state index in [0.717, 1.165) is 6.54 Å². The van der Waals surface area contributed by atoms with Gasteiger partial charge in [-0.25, -0.2) is 4.79 Å². The smallest absolute Gasteiger partial charge is 0.323 e. The van der Waals surface area contributed by atoms with Crippen LogP contribution in [0.1, 0.15) is 29.8 Å². The highest BCUT2D eigenvalue weighted by atomic mass is 16.5. The summed E-state index contributed by atoms with van der Waals surface area (Å²) in [6, 6.07) is 23.7. The van der Waals surface area contributed by atoms with E-state index in [1.54, 1.807) is 35.2 Å². The van der Waals surface area contributed by atoms with Gasteiger partial charge in [-0.2, -0.15) is 0 Å². The van der Waals surface area contributed by atoms with Crippen molar-refractivity contribution in [1.29, 1.82) is 0 Å². The Morgan fingerprint density at radius 1 is 1.05 bits per heavy atom. The molecule has 0 fully saturated rings. The number of urea groups is 1. The predicted molar refractivity (Wildman–Crippen MR) is 149 cm³/mol. The number of nitrogens with zero attached hydrogens (tertiary/aromatic N) is 2. The third kappa shape index (κ3) is 6.90. The van der Waals surface area contributed by atoms with Gasteiger partial charge in [-0.1, -0.05) is 55.5 Å². The number of anilines is 2. The minimum Gasteiger partial charge on any atom is -0.488 e. The van der Waals surface area contributed by atoms with Crippen molar-refractivity contribution in [3.8, 4) is 5.75 Å². The predicted octanol–water partition coefficient (Wildman–Crippen LogP) is 4.68. The van der Waals surface area contributed by atoms with Crippen LogP contribution in [0.2, 0.25) is 0 Å². The normalized spacial score (nSPS) is 18.1. The van der Waals surface area contributed by atoms with Gasteiger partial charge in [-0.3, -0.25) is 9.69 Å². The molecule has 0 radical (unpaired) electrons. The molecular weight excluding hydrogens is 480 g/mol. The molecule has 1 heterocycles. The summed E-state index contributed by atoms with van der Waals surface area (Å²) < 4.78 is 6.47. The van der Waals surface area contributed by atoms with Crippen LogP contribution in [0.3, 0.4) is 0 Å². The number of hydrogen-bond donors (Lipinski definition) is 3. The Labute approximate surface area is 224 Å². The lowest BCUT2D eigenvalue weighted by Crippen LogP contribution is -2.49. The SMILES string of the molecule is C[C@H]1CN([C@@H](C)CO)C(=O)c2cc(NC(=O)Nc3ccccc3)ccc2O[C@H]1CN(C)Cc1ccccc1. The van der Waals surface area contributed by atoms with Crippen molar-refractivity contribution in [1.82, 2.24) is 9.80 Å². The highest BCUT2D eigenvalue weighted by Gasteiger charge is 2.33. The molecule has 3 aromatic rings. The van der Waals surface area contributed by atoms with Gasteiger partial charge in [0.15, 0.2) is 0 Å². The van der Waals surface area contributed by atoms with E-state index in [9.17, 15) is 14.7 Å². The number of benzene rings is 3. The van der Waals surface area contributed by atoms with Gasteiger partial charge in [-0.05, 0) is 49.9 Å². The maximum absolute atomic E-state index is 13.6. The molecule has 0 saturated heterocycles. The van der Waals surface area contributed by atoms with Gasteiger partial charge in [0.2, 0.25) is 0 Å². The van der Waals surface area contributed by atoms with E-state index in [0.29, 0.717) is 35.8 Å². The Morgan fingerprint density at radius 2 is 1.71 bits per heavy atom. The number of rotatable bonds is 8. The Kier molecular flexibility index (Phi) is 8.99. The summed E-state index contributed by atoms with van der Waals surface area (Å²) >= 11 is 0. The van der Waals surface area contributed by atoms with Gasteiger partial charge in [0, 0.05) is 36.9 Å². The maximum atomic E-state index is 13.6. The van der Waals surface area contributed by atoms with Gasteiger partial charge in [-0.15, -0.1) is 0 Å². The molecule has 0 aliphatic carbocycles. The summed E-state index contributed by atoms with van der Waals surface area (Å²) in [6.45, 7) is 5.62. The molecular formula is C30H36N4O4. The summed E-state index contributed by atoms with van der Waals surface area (Å²) in [6.07, 6.45) is -0.191. The second-order valence-corrected chi connectivity index (χ2v) is 9.96. The monoisotopic (exact) mass is 516 g/mol. The van der Waals surface area contributed by atoms with Crippen LogP contribution >= 0.6 is 0 Å². The summed E-state index contributed by atoms with van der Waals surface area (Å²) in [4.78, 5) is 30.1. The molecule has 1 aliphatic rings. The molecule has 3 N–H and O–H groups in total. The van der Waals surface area contributed by atoms with Gasteiger partial charge >= 0.3 is 6.03 Å². The number of aliphatic hydroxyl groups excluding tert-OH is 1. The van der Waals surface area contributed by atoms with Crippen LogP contribution in [-0.4, -0.2) is 65.7 Å². The summed E-state index contributed by atoms with van der Waals surface area (Å²) in [5, 5.41) is 15.5. The Bertz CT molecular complexity index is 1220. The lowest BCUT2D eigenvalue weighted by atomic mass is 9.99. The van der Waals surface area contributed by atoms with Crippen molar-refractivity contribution in [2.45, 2.75) is 32.5 Å². The number of carbonyl (C=O) groups excluding carboxylic acids is 2. The van der Waals surface area contributed by atoms with Crippen molar-refractivity contribution >= 4 is 23.3 Å². The second-order valence-electron chi connectivity index (χ2n) is 9.96. The topological polar surface area (TPSA) is 94.1 Å². The molecule has 0 bridgehead atoms. The molecule has 3 aromatic carbocycles. The molecule has 0 unspecified atom stereocenters. The first kappa shape index (κ1) is 27.2. The van der Waals surface area contributed by atoms with E-state index in [2.05, 4.69) is 41.6 Å². The van der Waals surface area contributed by atoms with Crippen molar-refractivity contribution in [3.05, 3.63) is 90.0 Å². The Morgan fingerprint density at radius 3 is 2.39 bits per heavy atom. The maximum Gasteiger partial charge on any atom is 0.323 e. The molecule has 4 rings (SSSR count). The quantitative estimate of drug-likeness (QED) is 0.404. The standard InChI is InChI=1S/C30H36N4O4/c1-21-17-34(22(2)20-35)29(36)26-16-25(32-30(37)31-24-12-8-5-9-13-24)14-15-27(26)38-28(21)19-33(3)18-23-10-6-4-7-11-23/h4-16,21-22,28,35H,17-20H2,1-3H3,(H2,31,32,37)/t21-,22-,28-/m0/s1. The average Bonchev–Trinajstić information content (AvgIpc) is 2.91. The number of para-hydroxylation sites is 1. The van der Waals surface area contributed by atoms with Crippen LogP contribution in [0.25, 0.3) is 0 Å². The number of likely N-dealkylation sites (N-methyl/N-ethyl adjacent to an activating group) is 1.